The maximum Gasteiger partial charge on any atom is 0.340 e. The third kappa shape index (κ3) is 4.65. The SMILES string of the molecule is O=C(NCCCCN1CCCC1O)Nc1sncc1C(=O)O. The highest BCUT2D eigenvalue weighted by molar-refractivity contribution is 7.10. The number of carbonyl (C=O) groups is 2. The molecule has 1 aliphatic rings. The van der Waals surface area contributed by atoms with Crippen LogP contribution in [0.3, 0.4) is 0 Å². The van der Waals surface area contributed by atoms with Crippen LogP contribution in [0.4, 0.5) is 9.80 Å². The molecule has 1 fully saturated rings. The molecule has 2 heterocycles. The zero-order valence-corrected chi connectivity index (χ0v) is 12.9. The smallest absolute Gasteiger partial charge is 0.340 e. The molecule has 0 radical (unpaired) electrons. The van der Waals surface area contributed by atoms with E-state index in [9.17, 15) is 14.7 Å². The fourth-order valence-electron chi connectivity index (χ4n) is 2.34. The van der Waals surface area contributed by atoms with E-state index in [2.05, 4.69) is 15.0 Å². The van der Waals surface area contributed by atoms with Crippen molar-refractivity contribution in [2.75, 3.05) is 25.0 Å². The summed E-state index contributed by atoms with van der Waals surface area (Å²) in [6.07, 6.45) is 4.44. The van der Waals surface area contributed by atoms with Gasteiger partial charge in [-0.1, -0.05) is 0 Å². The lowest BCUT2D eigenvalue weighted by molar-refractivity contribution is 0.0373. The Balaban J connectivity index is 1.61. The molecule has 1 atom stereocenters. The van der Waals surface area contributed by atoms with Crippen LogP contribution in [-0.2, 0) is 0 Å². The van der Waals surface area contributed by atoms with E-state index >= 15 is 0 Å². The highest BCUT2D eigenvalue weighted by atomic mass is 32.1. The number of amides is 2. The van der Waals surface area contributed by atoms with E-state index in [1.165, 1.54) is 6.20 Å². The molecule has 8 nitrogen and oxygen atoms in total. The molecule has 9 heteroatoms. The third-order valence-electron chi connectivity index (χ3n) is 3.51. The van der Waals surface area contributed by atoms with Crippen LogP contribution in [0.1, 0.15) is 36.0 Å². The minimum atomic E-state index is -1.12. The van der Waals surface area contributed by atoms with E-state index < -0.39 is 12.0 Å². The van der Waals surface area contributed by atoms with Crippen molar-refractivity contribution in [3.63, 3.8) is 0 Å². The quantitative estimate of drug-likeness (QED) is 0.558. The van der Waals surface area contributed by atoms with Crippen molar-refractivity contribution < 1.29 is 19.8 Å². The van der Waals surface area contributed by atoms with Gasteiger partial charge in [0, 0.05) is 19.6 Å². The Labute approximate surface area is 132 Å². The standard InChI is InChI=1S/C13H20N4O4S/c18-10-4-3-7-17(10)6-2-1-5-14-13(21)16-11-9(12(19)20)8-15-22-11/h8,10,18H,1-7H2,(H,19,20)(H2,14,16,21). The molecule has 0 spiro atoms. The summed E-state index contributed by atoms with van der Waals surface area (Å²) in [6.45, 7) is 2.25. The molecule has 1 aromatic heterocycles. The number of carboxylic acids is 1. The second-order valence-electron chi connectivity index (χ2n) is 5.12. The number of urea groups is 1. The van der Waals surface area contributed by atoms with Crippen LogP contribution >= 0.6 is 11.5 Å². The minimum absolute atomic E-state index is 0.0110. The number of likely N-dealkylation sites (tertiary alicyclic amines) is 1. The molecule has 0 saturated carbocycles. The van der Waals surface area contributed by atoms with E-state index in [1.807, 2.05) is 4.90 Å². The summed E-state index contributed by atoms with van der Waals surface area (Å²) in [5, 5.41) is 23.9. The third-order valence-corrected chi connectivity index (χ3v) is 4.23. The van der Waals surface area contributed by atoms with Crippen LogP contribution in [0.5, 0.6) is 0 Å². The van der Waals surface area contributed by atoms with E-state index in [-0.39, 0.29) is 16.8 Å². The van der Waals surface area contributed by atoms with Crippen LogP contribution in [0.25, 0.3) is 0 Å². The van der Waals surface area contributed by atoms with Gasteiger partial charge in [-0.25, -0.2) is 9.59 Å². The number of carbonyl (C=O) groups excluding carboxylic acids is 1. The molecule has 1 saturated heterocycles. The van der Waals surface area contributed by atoms with Crippen molar-refractivity contribution in [2.45, 2.75) is 31.9 Å². The molecule has 2 rings (SSSR count). The number of unbranched alkanes of at least 4 members (excludes halogenated alkanes) is 1. The molecular formula is C13H20N4O4S. The van der Waals surface area contributed by atoms with Gasteiger partial charge in [0.05, 0.1) is 6.20 Å². The number of aromatic carboxylic acids is 1. The number of aliphatic hydroxyl groups is 1. The van der Waals surface area contributed by atoms with Crippen molar-refractivity contribution >= 4 is 28.5 Å². The number of nitrogens with one attached hydrogen (secondary N) is 2. The van der Waals surface area contributed by atoms with Gasteiger partial charge in [-0.2, -0.15) is 4.37 Å². The number of aliphatic hydroxyl groups excluding tert-OH is 1. The fourth-order valence-corrected chi connectivity index (χ4v) is 2.98. The number of nitrogens with zero attached hydrogens (tertiary/aromatic N) is 2. The largest absolute Gasteiger partial charge is 0.478 e. The molecule has 1 aliphatic heterocycles. The monoisotopic (exact) mass is 328 g/mol. The fraction of sp³-hybridized carbons (Fsp3) is 0.615. The Hall–Kier alpha value is -1.71. The number of hydrogen-bond donors (Lipinski definition) is 4. The Morgan fingerprint density at radius 3 is 2.95 bits per heavy atom. The van der Waals surface area contributed by atoms with Gasteiger partial charge in [-0.05, 0) is 37.2 Å². The van der Waals surface area contributed by atoms with Crippen LogP contribution in [0.2, 0.25) is 0 Å². The molecular weight excluding hydrogens is 308 g/mol. The lowest BCUT2D eigenvalue weighted by atomic mass is 10.3. The van der Waals surface area contributed by atoms with Crippen LogP contribution < -0.4 is 10.6 Å². The van der Waals surface area contributed by atoms with Gasteiger partial charge in [0.15, 0.2) is 0 Å². The maximum atomic E-state index is 11.7. The molecule has 0 aromatic carbocycles. The molecule has 0 bridgehead atoms. The van der Waals surface area contributed by atoms with E-state index in [4.69, 9.17) is 5.11 Å². The van der Waals surface area contributed by atoms with Gasteiger partial charge in [-0.3, -0.25) is 10.2 Å². The average molecular weight is 328 g/mol. The minimum Gasteiger partial charge on any atom is -0.478 e. The highest BCUT2D eigenvalue weighted by Crippen LogP contribution is 2.19. The zero-order valence-electron chi connectivity index (χ0n) is 12.1. The second-order valence-corrected chi connectivity index (χ2v) is 5.92. The van der Waals surface area contributed by atoms with E-state index in [0.29, 0.717) is 6.54 Å². The summed E-state index contributed by atoms with van der Waals surface area (Å²) in [5.41, 5.74) is -0.0110. The number of carboxylic acid groups (broad SMARTS) is 1. The van der Waals surface area contributed by atoms with Crippen molar-refractivity contribution in [1.82, 2.24) is 14.6 Å². The van der Waals surface area contributed by atoms with Gasteiger partial charge >= 0.3 is 12.0 Å². The number of hydrogen-bond acceptors (Lipinski definition) is 6. The van der Waals surface area contributed by atoms with Gasteiger partial charge in [0.25, 0.3) is 0 Å². The predicted molar refractivity (Wildman–Crippen MR) is 82.1 cm³/mol. The summed E-state index contributed by atoms with van der Waals surface area (Å²) in [7, 11) is 0. The van der Waals surface area contributed by atoms with E-state index in [1.54, 1.807) is 0 Å². The Bertz CT molecular complexity index is 522. The lowest BCUT2D eigenvalue weighted by Gasteiger charge is -2.19. The average Bonchev–Trinajstić information content (AvgIpc) is 3.08. The topological polar surface area (TPSA) is 115 Å². The second kappa shape index (κ2) is 8.06. The predicted octanol–water partition coefficient (Wildman–Crippen LogP) is 1.16. The summed E-state index contributed by atoms with van der Waals surface area (Å²) < 4.78 is 3.75. The number of anilines is 1. The zero-order chi connectivity index (χ0) is 15.9. The Morgan fingerprint density at radius 1 is 1.45 bits per heavy atom. The Morgan fingerprint density at radius 2 is 2.27 bits per heavy atom. The molecule has 2 amide bonds. The maximum absolute atomic E-state index is 11.7. The Kier molecular flexibility index (Phi) is 6.10. The summed E-state index contributed by atoms with van der Waals surface area (Å²) in [4.78, 5) is 24.6. The van der Waals surface area contributed by atoms with E-state index in [0.717, 1.165) is 50.3 Å². The van der Waals surface area contributed by atoms with Crippen molar-refractivity contribution in [3.05, 3.63) is 11.8 Å². The molecule has 1 aromatic rings. The van der Waals surface area contributed by atoms with Gasteiger partial charge in [0.2, 0.25) is 0 Å². The molecule has 122 valence electrons. The first kappa shape index (κ1) is 16.7. The normalized spacial score (nSPS) is 18.3. The van der Waals surface area contributed by atoms with Crippen molar-refractivity contribution in [1.29, 1.82) is 0 Å². The van der Waals surface area contributed by atoms with Crippen molar-refractivity contribution in [2.24, 2.45) is 0 Å². The van der Waals surface area contributed by atoms with Gasteiger partial charge < -0.3 is 15.5 Å². The summed E-state index contributed by atoms with van der Waals surface area (Å²) >= 11 is 0.930. The summed E-state index contributed by atoms with van der Waals surface area (Å²) in [6, 6.07) is -0.437. The molecule has 22 heavy (non-hydrogen) atoms. The highest BCUT2D eigenvalue weighted by Gasteiger charge is 2.20. The number of rotatable bonds is 7. The molecule has 0 aliphatic carbocycles. The van der Waals surface area contributed by atoms with Crippen LogP contribution in [-0.4, -0.2) is 57.3 Å². The summed E-state index contributed by atoms with van der Waals surface area (Å²) in [5.74, 6) is -1.12. The first-order chi connectivity index (χ1) is 10.6. The number of aromatic nitrogens is 1. The van der Waals surface area contributed by atoms with Crippen molar-refractivity contribution in [3.8, 4) is 0 Å². The lowest BCUT2D eigenvalue weighted by Crippen LogP contribution is -2.32. The van der Waals surface area contributed by atoms with Crippen LogP contribution in [0, 0.1) is 0 Å². The molecule has 1 unspecified atom stereocenters. The first-order valence-electron chi connectivity index (χ1n) is 7.23. The van der Waals surface area contributed by atoms with Gasteiger partial charge in [-0.15, -0.1) is 0 Å². The van der Waals surface area contributed by atoms with Gasteiger partial charge in [0.1, 0.15) is 16.8 Å². The van der Waals surface area contributed by atoms with Crippen LogP contribution in [0.15, 0.2) is 6.20 Å². The molecule has 4 N–H and O–H groups in total. The first-order valence-corrected chi connectivity index (χ1v) is 8.00.